The minimum atomic E-state index is -3.47. The molecule has 1 aromatic rings. The molecule has 1 heterocycles. The Morgan fingerprint density at radius 1 is 1.21 bits per heavy atom. The lowest BCUT2D eigenvalue weighted by atomic mass is 10.2. The van der Waals surface area contributed by atoms with Crippen molar-refractivity contribution < 1.29 is 12.6 Å². The van der Waals surface area contributed by atoms with Gasteiger partial charge in [0.15, 0.2) is 0 Å². The zero-order valence-electron chi connectivity index (χ0n) is 10.3. The van der Waals surface area contributed by atoms with Crippen molar-refractivity contribution in [2.45, 2.75) is 29.1 Å². The number of hydrogen-bond donors (Lipinski definition) is 1. The first kappa shape index (κ1) is 15.2. The summed E-state index contributed by atoms with van der Waals surface area (Å²) in [7, 11) is -4.24. The van der Waals surface area contributed by atoms with Gasteiger partial charge in [-0.25, -0.2) is 13.1 Å². The summed E-state index contributed by atoms with van der Waals surface area (Å²) in [5.41, 5.74) is 1.03. The van der Waals surface area contributed by atoms with Crippen molar-refractivity contribution in [3.63, 3.8) is 0 Å². The summed E-state index contributed by atoms with van der Waals surface area (Å²) in [6, 6.07) is 6.71. The van der Waals surface area contributed by atoms with Gasteiger partial charge in [-0.3, -0.25) is 4.21 Å². The first-order valence-corrected chi connectivity index (χ1v) is 10.1. The van der Waals surface area contributed by atoms with E-state index in [1.807, 2.05) is 0 Å². The van der Waals surface area contributed by atoms with Crippen molar-refractivity contribution in [3.8, 4) is 0 Å². The second kappa shape index (κ2) is 6.47. The van der Waals surface area contributed by atoms with Crippen molar-refractivity contribution >= 4 is 36.8 Å². The Morgan fingerprint density at radius 2 is 1.79 bits per heavy atom. The van der Waals surface area contributed by atoms with E-state index < -0.39 is 20.8 Å². The Labute approximate surface area is 124 Å². The molecule has 0 saturated carbocycles. The van der Waals surface area contributed by atoms with Gasteiger partial charge in [0, 0.05) is 33.7 Å². The van der Waals surface area contributed by atoms with Gasteiger partial charge in [-0.15, -0.1) is 0 Å². The average molecular weight is 366 g/mol. The molecule has 1 aromatic carbocycles. The summed E-state index contributed by atoms with van der Waals surface area (Å²) in [5.74, 6) is 1.16. The van der Waals surface area contributed by atoms with Crippen LogP contribution in [-0.2, 0) is 26.2 Å². The summed E-state index contributed by atoms with van der Waals surface area (Å²) in [5, 5.41) is 0.704. The molecule has 4 nitrogen and oxygen atoms in total. The molecule has 1 aliphatic heterocycles. The number of alkyl halides is 1. The second-order valence-electron chi connectivity index (χ2n) is 4.52. The van der Waals surface area contributed by atoms with Crippen LogP contribution in [0.15, 0.2) is 29.2 Å². The van der Waals surface area contributed by atoms with Gasteiger partial charge in [0.1, 0.15) is 0 Å². The fourth-order valence-corrected chi connectivity index (χ4v) is 4.93. The highest BCUT2D eigenvalue weighted by Gasteiger charge is 2.23. The number of halogens is 1. The number of rotatable bonds is 4. The molecule has 0 amide bonds. The molecule has 1 aliphatic rings. The standard InChI is InChI=1S/C12H16BrNO3S2/c13-9-10-1-3-12(4-2-10)19(16,17)14-11-5-7-18(15)8-6-11/h1-4,11,14H,5-9H2. The predicted octanol–water partition coefficient (Wildman–Crippen LogP) is 1.77. The van der Waals surface area contributed by atoms with E-state index in [1.165, 1.54) is 0 Å². The van der Waals surface area contributed by atoms with Gasteiger partial charge in [-0.1, -0.05) is 28.1 Å². The second-order valence-corrected chi connectivity index (χ2v) is 8.49. The van der Waals surface area contributed by atoms with Gasteiger partial charge in [0.2, 0.25) is 10.0 Å². The van der Waals surface area contributed by atoms with Crippen LogP contribution in [0.2, 0.25) is 0 Å². The van der Waals surface area contributed by atoms with Crippen LogP contribution in [0, 0.1) is 0 Å². The van der Waals surface area contributed by atoms with Gasteiger partial charge >= 0.3 is 0 Å². The minimum absolute atomic E-state index is 0.0986. The summed E-state index contributed by atoms with van der Waals surface area (Å²) in [6.45, 7) is 0. The van der Waals surface area contributed by atoms with Crippen molar-refractivity contribution in [2.24, 2.45) is 0 Å². The van der Waals surface area contributed by atoms with E-state index in [4.69, 9.17) is 0 Å². The van der Waals surface area contributed by atoms with Crippen LogP contribution in [-0.4, -0.2) is 30.2 Å². The van der Waals surface area contributed by atoms with Crippen LogP contribution < -0.4 is 4.72 Å². The van der Waals surface area contributed by atoms with Crippen LogP contribution in [0.3, 0.4) is 0 Å². The highest BCUT2D eigenvalue weighted by molar-refractivity contribution is 9.08. The van der Waals surface area contributed by atoms with Crippen molar-refractivity contribution in [1.82, 2.24) is 4.72 Å². The van der Waals surface area contributed by atoms with Crippen LogP contribution in [0.4, 0.5) is 0 Å². The summed E-state index contributed by atoms with van der Waals surface area (Å²) >= 11 is 3.32. The molecule has 2 rings (SSSR count). The maximum absolute atomic E-state index is 12.2. The molecular formula is C12H16BrNO3S2. The van der Waals surface area contributed by atoms with Crippen molar-refractivity contribution in [1.29, 1.82) is 0 Å². The molecule has 19 heavy (non-hydrogen) atoms. The minimum Gasteiger partial charge on any atom is -0.260 e. The lowest BCUT2D eigenvalue weighted by molar-refractivity contribution is 0.522. The molecule has 1 saturated heterocycles. The Balaban J connectivity index is 2.06. The maximum atomic E-state index is 12.2. The highest BCUT2D eigenvalue weighted by Crippen LogP contribution is 2.16. The number of nitrogens with one attached hydrogen (secondary N) is 1. The third kappa shape index (κ3) is 4.11. The third-order valence-electron chi connectivity index (χ3n) is 3.10. The highest BCUT2D eigenvalue weighted by atomic mass is 79.9. The SMILES string of the molecule is O=S1CCC(NS(=O)(=O)c2ccc(CBr)cc2)CC1. The van der Waals surface area contributed by atoms with E-state index in [0.29, 0.717) is 29.7 Å². The molecule has 106 valence electrons. The van der Waals surface area contributed by atoms with E-state index in [-0.39, 0.29) is 10.9 Å². The Hall–Kier alpha value is -0.240. The lowest BCUT2D eigenvalue weighted by Gasteiger charge is -2.22. The average Bonchev–Trinajstić information content (AvgIpc) is 2.41. The maximum Gasteiger partial charge on any atom is 0.240 e. The summed E-state index contributed by atoms with van der Waals surface area (Å²) in [4.78, 5) is 0.281. The van der Waals surface area contributed by atoms with E-state index in [1.54, 1.807) is 24.3 Å². The number of hydrogen-bond acceptors (Lipinski definition) is 3. The van der Waals surface area contributed by atoms with Gasteiger partial charge in [0.25, 0.3) is 0 Å². The quantitative estimate of drug-likeness (QED) is 0.827. The Morgan fingerprint density at radius 3 is 2.32 bits per heavy atom. The van der Waals surface area contributed by atoms with Crippen LogP contribution in [0.25, 0.3) is 0 Å². The van der Waals surface area contributed by atoms with E-state index >= 15 is 0 Å². The van der Waals surface area contributed by atoms with Crippen molar-refractivity contribution in [2.75, 3.05) is 11.5 Å². The van der Waals surface area contributed by atoms with Gasteiger partial charge in [-0.05, 0) is 30.5 Å². The molecule has 1 N–H and O–H groups in total. The summed E-state index contributed by atoms with van der Waals surface area (Å²) < 4.78 is 38.3. The van der Waals surface area contributed by atoms with Gasteiger partial charge < -0.3 is 0 Å². The first-order chi connectivity index (χ1) is 9.01. The van der Waals surface area contributed by atoms with Gasteiger partial charge in [0.05, 0.1) is 4.90 Å². The Bertz CT molecular complexity index is 547. The van der Waals surface area contributed by atoms with E-state index in [2.05, 4.69) is 20.7 Å². The molecule has 0 unspecified atom stereocenters. The largest absolute Gasteiger partial charge is 0.260 e. The Kier molecular flexibility index (Phi) is 5.16. The fraction of sp³-hybridized carbons (Fsp3) is 0.500. The van der Waals surface area contributed by atoms with E-state index in [9.17, 15) is 12.6 Å². The van der Waals surface area contributed by atoms with Crippen LogP contribution >= 0.6 is 15.9 Å². The molecule has 1 fully saturated rings. The zero-order valence-corrected chi connectivity index (χ0v) is 13.6. The molecule has 0 spiro atoms. The molecule has 0 aromatic heterocycles. The molecule has 0 aliphatic carbocycles. The third-order valence-corrected chi connectivity index (χ3v) is 6.66. The monoisotopic (exact) mass is 365 g/mol. The van der Waals surface area contributed by atoms with Crippen molar-refractivity contribution in [3.05, 3.63) is 29.8 Å². The topological polar surface area (TPSA) is 63.2 Å². The predicted molar refractivity (Wildman–Crippen MR) is 80.3 cm³/mol. The molecular weight excluding hydrogens is 350 g/mol. The number of benzene rings is 1. The van der Waals surface area contributed by atoms with E-state index in [0.717, 1.165) is 5.56 Å². The molecule has 0 bridgehead atoms. The first-order valence-electron chi connectivity index (χ1n) is 6.03. The van der Waals surface area contributed by atoms with Gasteiger partial charge in [-0.2, -0.15) is 0 Å². The smallest absolute Gasteiger partial charge is 0.240 e. The van der Waals surface area contributed by atoms with Crippen LogP contribution in [0.5, 0.6) is 0 Å². The molecule has 7 heteroatoms. The summed E-state index contributed by atoms with van der Waals surface area (Å²) in [6.07, 6.45) is 1.29. The fourth-order valence-electron chi connectivity index (χ4n) is 1.96. The zero-order chi connectivity index (χ0) is 13.9. The molecule has 0 atom stereocenters. The lowest BCUT2D eigenvalue weighted by Crippen LogP contribution is -2.39. The van der Waals surface area contributed by atoms with Crippen LogP contribution in [0.1, 0.15) is 18.4 Å². The molecule has 0 radical (unpaired) electrons. The number of sulfonamides is 1. The normalized spacial score (nSPS) is 24.3.